The predicted molar refractivity (Wildman–Crippen MR) is 180 cm³/mol. The quantitative estimate of drug-likeness (QED) is 0.261. The van der Waals surface area contributed by atoms with E-state index in [0.717, 1.165) is 24.8 Å². The highest BCUT2D eigenvalue weighted by molar-refractivity contribution is 6.25. The first-order chi connectivity index (χ1) is 21.2. The van der Waals surface area contributed by atoms with Gasteiger partial charge in [0.15, 0.2) is 0 Å². The van der Waals surface area contributed by atoms with Gasteiger partial charge >= 0.3 is 0 Å². The van der Waals surface area contributed by atoms with Crippen molar-refractivity contribution in [2.75, 3.05) is 0 Å². The van der Waals surface area contributed by atoms with Gasteiger partial charge in [0.2, 0.25) is 0 Å². The van der Waals surface area contributed by atoms with Gasteiger partial charge in [-0.15, -0.1) is 0 Å². The van der Waals surface area contributed by atoms with Crippen LogP contribution in [0.3, 0.4) is 0 Å². The molecule has 0 radical (unpaired) electrons. The molecule has 9 heteroatoms. The lowest BCUT2D eigenvalue weighted by Crippen LogP contribution is -2.28. The third-order valence-corrected chi connectivity index (χ3v) is 8.87. The molecule has 0 atom stereocenters. The van der Waals surface area contributed by atoms with E-state index in [1.54, 1.807) is 39.8 Å². The van der Waals surface area contributed by atoms with E-state index >= 15 is 0 Å². The fourth-order valence-corrected chi connectivity index (χ4v) is 6.50. The number of fused-ring (bicyclic) bond motifs is 6. The molecule has 6 aromatic rings. The summed E-state index contributed by atoms with van der Waals surface area (Å²) < 4.78 is 2.85. The summed E-state index contributed by atoms with van der Waals surface area (Å²) in [5.74, 6) is 0.650. The third-order valence-electron chi connectivity index (χ3n) is 8.87. The average molecular weight is 606 g/mol. The molecule has 0 saturated carbocycles. The molecule has 3 heterocycles. The minimum Gasteiger partial charge on any atom is -0.272 e. The van der Waals surface area contributed by atoms with E-state index in [9.17, 15) is 28.8 Å². The monoisotopic (exact) mass is 605 g/mol. The molecule has 3 aromatic heterocycles. The van der Waals surface area contributed by atoms with Crippen LogP contribution in [0.25, 0.3) is 49.1 Å². The van der Waals surface area contributed by atoms with E-state index in [1.165, 1.54) is 11.1 Å². The lowest BCUT2D eigenvalue weighted by molar-refractivity contribution is 0.572. The standard InChI is InChI=1S/C36H35N3O6/c1-16(2)21-13-22(17(3)4)15-23(14-21)20-9-11-24(12-10-20)39-35(44)29-27-25(31(40)37(18(5)6)33(27)42)26-28(30(29)36(39)45)34(43)38(19(7)8)32(26)41/h9-19H,1-8H3. The summed E-state index contributed by atoms with van der Waals surface area (Å²) in [6.07, 6.45) is 0. The molecule has 0 spiro atoms. The Kier molecular flexibility index (Phi) is 6.91. The van der Waals surface area contributed by atoms with Crippen LogP contribution in [0.2, 0.25) is 0 Å². The second-order valence-electron chi connectivity index (χ2n) is 13.1. The van der Waals surface area contributed by atoms with Crippen LogP contribution in [0.5, 0.6) is 0 Å². The molecule has 0 bridgehead atoms. The van der Waals surface area contributed by atoms with Crippen LogP contribution < -0.4 is 33.4 Å². The number of hydrogen-bond acceptors (Lipinski definition) is 6. The molecule has 0 aliphatic carbocycles. The maximum Gasteiger partial charge on any atom is 0.267 e. The molecule has 0 aliphatic heterocycles. The molecule has 45 heavy (non-hydrogen) atoms. The molecular formula is C36H35N3O6. The number of hydrogen-bond donors (Lipinski definition) is 0. The van der Waals surface area contributed by atoms with E-state index in [2.05, 4.69) is 45.9 Å². The number of aromatic nitrogens is 3. The fraction of sp³-hybridized carbons (Fsp3) is 0.333. The second-order valence-corrected chi connectivity index (χ2v) is 13.1. The smallest absolute Gasteiger partial charge is 0.267 e. The molecule has 6 rings (SSSR count). The van der Waals surface area contributed by atoms with Gasteiger partial charge in [-0.3, -0.25) is 37.9 Å². The van der Waals surface area contributed by atoms with Crippen molar-refractivity contribution < 1.29 is 0 Å². The van der Waals surface area contributed by atoms with Crippen LogP contribution in [0.1, 0.15) is 90.4 Å². The van der Waals surface area contributed by atoms with Gasteiger partial charge in [0.1, 0.15) is 0 Å². The Morgan fingerprint density at radius 2 is 0.756 bits per heavy atom. The fourth-order valence-electron chi connectivity index (χ4n) is 6.50. The van der Waals surface area contributed by atoms with Crippen molar-refractivity contribution in [1.29, 1.82) is 0 Å². The van der Waals surface area contributed by atoms with E-state index in [4.69, 9.17) is 0 Å². The number of rotatable bonds is 6. The summed E-state index contributed by atoms with van der Waals surface area (Å²) in [5.41, 5.74) is -0.151. The Morgan fingerprint density at radius 1 is 0.422 bits per heavy atom. The van der Waals surface area contributed by atoms with Crippen molar-refractivity contribution in [2.45, 2.75) is 79.3 Å². The van der Waals surface area contributed by atoms with Gasteiger partial charge in [-0.2, -0.15) is 0 Å². The minimum absolute atomic E-state index is 0.242. The number of benzene rings is 3. The van der Waals surface area contributed by atoms with Gasteiger partial charge in [-0.25, -0.2) is 4.57 Å². The lowest BCUT2D eigenvalue weighted by atomic mass is 9.91. The van der Waals surface area contributed by atoms with Crippen molar-refractivity contribution in [3.8, 4) is 16.8 Å². The van der Waals surface area contributed by atoms with Crippen LogP contribution in [0.4, 0.5) is 0 Å². The molecule has 0 amide bonds. The lowest BCUT2D eigenvalue weighted by Gasteiger charge is -2.15. The minimum atomic E-state index is -0.819. The van der Waals surface area contributed by atoms with Crippen LogP contribution in [0.15, 0.2) is 71.2 Å². The molecule has 0 saturated heterocycles. The van der Waals surface area contributed by atoms with Crippen molar-refractivity contribution >= 4 is 32.3 Å². The summed E-state index contributed by atoms with van der Waals surface area (Å²) in [4.78, 5) is 82.7. The Balaban J connectivity index is 1.70. The predicted octanol–water partition coefficient (Wildman–Crippen LogP) is 5.09. The topological polar surface area (TPSA) is 117 Å². The molecule has 0 aliphatic rings. The zero-order valence-electron chi connectivity index (χ0n) is 26.6. The van der Waals surface area contributed by atoms with Crippen LogP contribution >= 0.6 is 0 Å². The molecule has 0 N–H and O–H groups in total. The van der Waals surface area contributed by atoms with E-state index < -0.39 is 45.4 Å². The van der Waals surface area contributed by atoms with Gasteiger partial charge in [0, 0.05) is 12.1 Å². The number of nitrogens with zero attached hydrogens (tertiary/aromatic N) is 3. The van der Waals surface area contributed by atoms with Gasteiger partial charge < -0.3 is 0 Å². The highest BCUT2D eigenvalue weighted by Crippen LogP contribution is 2.31. The highest BCUT2D eigenvalue weighted by atomic mass is 16.2. The van der Waals surface area contributed by atoms with Crippen LogP contribution in [-0.2, 0) is 0 Å². The summed E-state index contributed by atoms with van der Waals surface area (Å²) >= 11 is 0. The van der Waals surface area contributed by atoms with Crippen LogP contribution in [0, 0.1) is 0 Å². The summed E-state index contributed by atoms with van der Waals surface area (Å²) in [5, 5.41) is -1.77. The largest absolute Gasteiger partial charge is 0.272 e. The van der Waals surface area contributed by atoms with Gasteiger partial charge in [-0.1, -0.05) is 58.0 Å². The first-order valence-electron chi connectivity index (χ1n) is 15.3. The normalized spacial score (nSPS) is 12.4. The summed E-state index contributed by atoms with van der Waals surface area (Å²) in [6.45, 7) is 15.1. The Bertz CT molecular complexity index is 2350. The second kappa shape index (κ2) is 10.3. The third kappa shape index (κ3) is 4.20. The molecular weight excluding hydrogens is 570 g/mol. The van der Waals surface area contributed by atoms with Gasteiger partial charge in [0.25, 0.3) is 33.4 Å². The molecule has 3 aromatic carbocycles. The average Bonchev–Trinajstić information content (AvgIpc) is 3.51. The molecule has 9 nitrogen and oxygen atoms in total. The first kappa shape index (κ1) is 30.1. The molecule has 230 valence electrons. The highest BCUT2D eigenvalue weighted by Gasteiger charge is 2.32. The Morgan fingerprint density at radius 3 is 1.07 bits per heavy atom. The van der Waals surface area contributed by atoms with E-state index in [-0.39, 0.29) is 38.0 Å². The van der Waals surface area contributed by atoms with Crippen molar-refractivity contribution in [1.82, 2.24) is 13.7 Å². The molecule has 0 unspecified atom stereocenters. The summed E-state index contributed by atoms with van der Waals surface area (Å²) in [6, 6.07) is 12.2. The van der Waals surface area contributed by atoms with E-state index in [1.807, 2.05) is 12.1 Å². The molecule has 0 fully saturated rings. The van der Waals surface area contributed by atoms with Crippen molar-refractivity contribution in [3.63, 3.8) is 0 Å². The van der Waals surface area contributed by atoms with Crippen molar-refractivity contribution in [3.05, 3.63) is 116 Å². The Hall–Kier alpha value is -4.92. The zero-order valence-corrected chi connectivity index (χ0v) is 26.6. The van der Waals surface area contributed by atoms with Crippen molar-refractivity contribution in [2.24, 2.45) is 0 Å². The maximum absolute atomic E-state index is 14.1. The van der Waals surface area contributed by atoms with Gasteiger partial charge in [0.05, 0.1) is 38.0 Å². The summed E-state index contributed by atoms with van der Waals surface area (Å²) in [7, 11) is 0. The SMILES string of the molecule is CC(C)c1cc(-c2ccc(-n3c(=O)c4c(c3=O)c3c(=O)n(C(C)C)c(=O)c3c3c(=O)n(C(C)C)c(=O)c43)cc2)cc(C(C)C)c1. The zero-order chi connectivity index (χ0) is 32.8. The van der Waals surface area contributed by atoms with E-state index in [0.29, 0.717) is 11.8 Å². The first-order valence-corrected chi connectivity index (χ1v) is 15.3. The Labute approximate surface area is 257 Å². The van der Waals surface area contributed by atoms with Gasteiger partial charge in [-0.05, 0) is 73.9 Å². The maximum atomic E-state index is 14.1. The van der Waals surface area contributed by atoms with Crippen LogP contribution in [-0.4, -0.2) is 13.7 Å².